The molecule has 96 valence electrons. The molecule has 6 heteroatoms. The van der Waals surface area contributed by atoms with E-state index < -0.39 is 0 Å². The molecular formula is C13H14N6. The molecule has 0 radical (unpaired) electrons. The van der Waals surface area contributed by atoms with Gasteiger partial charge in [-0.25, -0.2) is 0 Å². The summed E-state index contributed by atoms with van der Waals surface area (Å²) in [6.45, 7) is 16.1. The molecule has 0 aliphatic heterocycles. The Labute approximate surface area is 112 Å². The first-order chi connectivity index (χ1) is 9.06. The monoisotopic (exact) mass is 254 g/mol. The summed E-state index contributed by atoms with van der Waals surface area (Å²) in [5.74, 6) is -0.419. The topological polar surface area (TPSA) is 85.1 Å². The number of nitrogens with zero attached hydrogens (tertiary/aromatic N) is 3. The van der Waals surface area contributed by atoms with E-state index in [9.17, 15) is 0 Å². The highest BCUT2D eigenvalue weighted by Gasteiger charge is 2.04. The molecule has 0 saturated carbocycles. The first kappa shape index (κ1) is 14.1. The average molecular weight is 254 g/mol. The first-order valence-electron chi connectivity index (χ1n) is 5.45. The fraction of sp³-hybridized carbons (Fsp3) is 0.154. The van der Waals surface area contributed by atoms with Crippen molar-refractivity contribution in [2.45, 2.75) is 13.5 Å². The maximum atomic E-state index is 6.86. The van der Waals surface area contributed by atoms with Crippen molar-refractivity contribution in [1.82, 2.24) is 5.32 Å². The summed E-state index contributed by atoms with van der Waals surface area (Å²) in [5.41, 5.74) is 13.2. The second-order valence-electron chi connectivity index (χ2n) is 3.77. The Kier molecular flexibility index (Phi) is 4.94. The van der Waals surface area contributed by atoms with Crippen LogP contribution in [0.25, 0.3) is 9.69 Å². The Morgan fingerprint density at radius 2 is 1.84 bits per heavy atom. The van der Waals surface area contributed by atoms with E-state index in [2.05, 4.69) is 20.0 Å². The highest BCUT2D eigenvalue weighted by atomic mass is 15.1. The van der Waals surface area contributed by atoms with Gasteiger partial charge in [0.25, 0.3) is 11.8 Å². The van der Waals surface area contributed by atoms with Crippen LogP contribution in [0.5, 0.6) is 0 Å². The number of nitrogens with one attached hydrogen (secondary N) is 1. The van der Waals surface area contributed by atoms with Gasteiger partial charge in [0.05, 0.1) is 0 Å². The Morgan fingerprint density at radius 3 is 2.37 bits per heavy atom. The van der Waals surface area contributed by atoms with Crippen molar-refractivity contribution in [3.8, 4) is 0 Å². The summed E-state index contributed by atoms with van der Waals surface area (Å²) in [7, 11) is 0. The number of guanidine groups is 1. The van der Waals surface area contributed by atoms with Crippen molar-refractivity contribution < 1.29 is 0 Å². The molecule has 0 aromatic heterocycles. The number of aryl methyl sites for hydroxylation is 1. The number of nitrogens with two attached hydrogens (primary N) is 2. The summed E-state index contributed by atoms with van der Waals surface area (Å²) < 4.78 is 0. The van der Waals surface area contributed by atoms with Gasteiger partial charge in [-0.1, -0.05) is 48.0 Å². The minimum atomic E-state index is -0.268. The Hall–Kier alpha value is -2.99. The highest BCUT2D eigenvalue weighted by molar-refractivity contribution is 5.79. The quantitative estimate of drug-likeness (QED) is 0.432. The molecule has 0 unspecified atom stereocenters. The second kappa shape index (κ2) is 6.67. The molecule has 5 N–H and O–H groups in total. The van der Waals surface area contributed by atoms with Crippen molar-refractivity contribution >= 4 is 5.96 Å². The fourth-order valence-corrected chi connectivity index (χ4v) is 1.24. The van der Waals surface area contributed by atoms with E-state index in [4.69, 9.17) is 24.6 Å². The standard InChI is InChI=1S/C13H14N6/c1-9-4-6-10(7-5-9)8-18-13(15)19-12(17-3)11(14)16-2/h4-7H,8,14H2,1H3,(H3,15,18,19)/b12-11+. The third-order valence-corrected chi connectivity index (χ3v) is 2.28. The van der Waals surface area contributed by atoms with Crippen LogP contribution in [0.4, 0.5) is 0 Å². The molecule has 0 amide bonds. The Morgan fingerprint density at radius 1 is 1.21 bits per heavy atom. The summed E-state index contributed by atoms with van der Waals surface area (Å²) in [4.78, 5) is 9.76. The van der Waals surface area contributed by atoms with Gasteiger partial charge in [-0.2, -0.15) is 0 Å². The van der Waals surface area contributed by atoms with Gasteiger partial charge in [0.15, 0.2) is 0 Å². The lowest BCUT2D eigenvalue weighted by molar-refractivity contribution is 0.900. The molecule has 0 aliphatic carbocycles. The van der Waals surface area contributed by atoms with Crippen molar-refractivity contribution in [2.24, 2.45) is 16.5 Å². The molecule has 1 aromatic carbocycles. The predicted molar refractivity (Wildman–Crippen MR) is 74.1 cm³/mol. The smallest absolute Gasteiger partial charge is 0.292 e. The maximum absolute atomic E-state index is 6.86. The normalized spacial score (nSPS) is 12.1. The summed E-state index contributed by atoms with van der Waals surface area (Å²) >= 11 is 0. The van der Waals surface area contributed by atoms with Gasteiger partial charge in [-0.05, 0) is 12.5 Å². The van der Waals surface area contributed by atoms with Crippen molar-refractivity contribution in [3.63, 3.8) is 0 Å². The second-order valence-corrected chi connectivity index (χ2v) is 3.77. The zero-order valence-corrected chi connectivity index (χ0v) is 10.5. The summed E-state index contributed by atoms with van der Waals surface area (Å²) in [6.07, 6.45) is 0. The predicted octanol–water partition coefficient (Wildman–Crippen LogP) is 1.32. The lowest BCUT2D eigenvalue weighted by Crippen LogP contribution is -2.31. The molecule has 6 nitrogen and oxygen atoms in total. The zero-order chi connectivity index (χ0) is 14.3. The first-order valence-corrected chi connectivity index (χ1v) is 5.45. The van der Waals surface area contributed by atoms with Gasteiger partial charge in [0.2, 0.25) is 5.82 Å². The lowest BCUT2D eigenvalue weighted by Gasteiger charge is -2.03. The van der Waals surface area contributed by atoms with Crippen LogP contribution in [-0.2, 0) is 6.54 Å². The fourth-order valence-electron chi connectivity index (χ4n) is 1.24. The highest BCUT2D eigenvalue weighted by Crippen LogP contribution is 2.04. The lowest BCUT2D eigenvalue weighted by atomic mass is 10.1. The molecule has 0 fully saturated rings. The van der Waals surface area contributed by atoms with Gasteiger partial charge in [0.1, 0.15) is 0 Å². The van der Waals surface area contributed by atoms with Gasteiger partial charge in [-0.15, -0.1) is 0 Å². The van der Waals surface area contributed by atoms with Crippen LogP contribution in [0.2, 0.25) is 0 Å². The van der Waals surface area contributed by atoms with E-state index in [0.29, 0.717) is 6.54 Å². The number of aliphatic imine (C=N–C) groups is 1. The van der Waals surface area contributed by atoms with Crippen molar-refractivity contribution in [1.29, 1.82) is 0 Å². The Balaban J connectivity index is 2.71. The van der Waals surface area contributed by atoms with Crippen LogP contribution in [0.15, 0.2) is 40.9 Å². The molecular weight excluding hydrogens is 240 g/mol. The molecule has 0 saturated heterocycles. The van der Waals surface area contributed by atoms with Gasteiger partial charge in [0, 0.05) is 6.54 Å². The van der Waals surface area contributed by atoms with Crippen LogP contribution in [0, 0.1) is 20.1 Å². The van der Waals surface area contributed by atoms with Crippen LogP contribution < -0.4 is 16.8 Å². The third-order valence-electron chi connectivity index (χ3n) is 2.28. The summed E-state index contributed by atoms with van der Waals surface area (Å²) in [6, 6.07) is 7.92. The van der Waals surface area contributed by atoms with Crippen LogP contribution in [-0.4, -0.2) is 5.96 Å². The van der Waals surface area contributed by atoms with Gasteiger partial charge < -0.3 is 26.5 Å². The van der Waals surface area contributed by atoms with Gasteiger partial charge >= 0.3 is 0 Å². The molecule has 19 heavy (non-hydrogen) atoms. The minimum Gasteiger partial charge on any atom is -0.374 e. The van der Waals surface area contributed by atoms with E-state index in [1.165, 1.54) is 5.56 Å². The number of hydrogen-bond donors (Lipinski definition) is 3. The van der Waals surface area contributed by atoms with E-state index in [-0.39, 0.29) is 17.6 Å². The van der Waals surface area contributed by atoms with Gasteiger partial charge in [-0.3, -0.25) is 0 Å². The molecule has 0 spiro atoms. The molecule has 1 rings (SSSR count). The molecule has 0 bridgehead atoms. The SMILES string of the molecule is [C-]#[N+]/C(N)=C(/N=C(/N)NCc1ccc(C)cc1)[N+]#[C-]. The van der Waals surface area contributed by atoms with E-state index in [0.717, 1.165) is 5.56 Å². The summed E-state index contributed by atoms with van der Waals surface area (Å²) in [5, 5.41) is 2.85. The van der Waals surface area contributed by atoms with Crippen LogP contribution in [0.3, 0.4) is 0 Å². The number of benzene rings is 1. The zero-order valence-electron chi connectivity index (χ0n) is 10.5. The van der Waals surface area contributed by atoms with E-state index in [1.54, 1.807) is 0 Å². The van der Waals surface area contributed by atoms with Crippen LogP contribution in [0.1, 0.15) is 11.1 Å². The van der Waals surface area contributed by atoms with E-state index >= 15 is 0 Å². The molecule has 0 heterocycles. The number of rotatable bonds is 3. The minimum absolute atomic E-state index is 0.0539. The molecule has 0 atom stereocenters. The van der Waals surface area contributed by atoms with Crippen molar-refractivity contribution in [2.75, 3.05) is 0 Å². The molecule has 0 aliphatic rings. The van der Waals surface area contributed by atoms with Crippen molar-refractivity contribution in [3.05, 3.63) is 69.9 Å². The Bertz CT molecular complexity index is 583. The van der Waals surface area contributed by atoms with E-state index in [1.807, 2.05) is 31.2 Å². The van der Waals surface area contributed by atoms with Crippen LogP contribution >= 0.6 is 0 Å². The third kappa shape index (κ3) is 4.41. The average Bonchev–Trinajstić information content (AvgIpc) is 2.43. The largest absolute Gasteiger partial charge is 0.374 e. The molecule has 1 aromatic rings. The number of hydrogen-bond acceptors (Lipinski definition) is 2. The maximum Gasteiger partial charge on any atom is 0.292 e.